The van der Waals surface area contributed by atoms with Crippen LogP contribution in [0.2, 0.25) is 0 Å². The molecule has 4 nitrogen and oxygen atoms in total. The van der Waals surface area contributed by atoms with Crippen molar-refractivity contribution in [1.29, 1.82) is 0 Å². The lowest BCUT2D eigenvalue weighted by Gasteiger charge is -2.25. The molecule has 0 aliphatic rings. The van der Waals surface area contributed by atoms with E-state index in [1.807, 2.05) is 56.3 Å². The minimum Gasteiger partial charge on any atom is -0.507 e. The van der Waals surface area contributed by atoms with Crippen LogP contribution in [-0.4, -0.2) is 19.6 Å². The Bertz CT molecular complexity index is 3450. The molecule has 0 fully saturated rings. The summed E-state index contributed by atoms with van der Waals surface area (Å²) in [5, 5.41) is 12.3. The summed E-state index contributed by atoms with van der Waals surface area (Å²) in [4.78, 5) is 9.98. The number of nitrogens with zero attached hydrogens (tertiary/aromatic N) is 3. The molecule has 1 N–H and O–H groups in total. The number of imidazole rings is 1. The quantitative estimate of drug-likeness (QED) is 0.158. The van der Waals surface area contributed by atoms with Crippen molar-refractivity contribution >= 4 is 11.0 Å². The number of phenolic OH excluding ortho intramolecular Hbond substituents is 1. The Kier molecular flexibility index (Phi) is 8.88. The van der Waals surface area contributed by atoms with Crippen molar-refractivity contribution in [3.63, 3.8) is 0 Å². The van der Waals surface area contributed by atoms with Gasteiger partial charge in [0, 0.05) is 24.4 Å². The lowest BCUT2D eigenvalue weighted by atomic mass is 9.80. The average Bonchev–Trinajstić information content (AvgIpc) is 3.71. The Labute approximate surface area is 388 Å². The molecule has 63 heavy (non-hydrogen) atoms. The second-order valence-electron chi connectivity index (χ2n) is 19.5. The van der Waals surface area contributed by atoms with Crippen LogP contribution in [-0.2, 0) is 10.8 Å². The van der Waals surface area contributed by atoms with Crippen LogP contribution in [0.5, 0.6) is 5.75 Å². The molecule has 0 bridgehead atoms. The Balaban J connectivity index is 1.46. The van der Waals surface area contributed by atoms with Gasteiger partial charge >= 0.3 is 0 Å². The van der Waals surface area contributed by atoms with Gasteiger partial charge in [-0.1, -0.05) is 168 Å². The number of pyridine rings is 1. The maximum absolute atomic E-state index is 12.3. The summed E-state index contributed by atoms with van der Waals surface area (Å²) in [6.07, 6.45) is -0.511. The molecule has 2 heterocycles. The summed E-state index contributed by atoms with van der Waals surface area (Å²) in [5.41, 5.74) is 10.0. The van der Waals surface area contributed by atoms with E-state index >= 15 is 0 Å². The second kappa shape index (κ2) is 16.8. The zero-order valence-electron chi connectivity index (χ0n) is 47.6. The van der Waals surface area contributed by atoms with Crippen molar-refractivity contribution in [1.82, 2.24) is 14.5 Å². The lowest BCUT2D eigenvalue weighted by Crippen LogP contribution is -2.13. The SMILES string of the molecule is [2H]c1nc(-c2cc(-c3cccc4c3nc(-c3cc(C(C)C)cc(C(C)C)c3O)n4-c3ccc(-c4ccccc4C(C)(C)C)c(C([2H])(C)C)c3)cc(C(C)(C)C)c2)c([2H])c(-c2c([2H])c([2H])c([2H])c([2H])c2[2H])c1[2H]. The van der Waals surface area contributed by atoms with Gasteiger partial charge in [0.25, 0.3) is 0 Å². The molecule has 8 aromatic rings. The van der Waals surface area contributed by atoms with E-state index in [0.717, 1.165) is 50.1 Å². The molecule has 0 amide bonds. The van der Waals surface area contributed by atoms with E-state index in [1.54, 1.807) is 0 Å². The fraction of sp³-hybridized carbons (Fsp3) is 0.288. The van der Waals surface area contributed by atoms with Crippen LogP contribution >= 0.6 is 0 Å². The van der Waals surface area contributed by atoms with Crippen molar-refractivity contribution in [2.24, 2.45) is 0 Å². The third-order valence-electron chi connectivity index (χ3n) is 11.9. The molecule has 0 saturated carbocycles. The van der Waals surface area contributed by atoms with E-state index in [2.05, 4.69) is 127 Å². The monoisotopic (exact) mass is 839 g/mol. The third-order valence-corrected chi connectivity index (χ3v) is 11.9. The minimum absolute atomic E-state index is 0.00262. The normalized spacial score (nSPS) is 14.5. The summed E-state index contributed by atoms with van der Waals surface area (Å²) < 4.78 is 81.3. The van der Waals surface area contributed by atoms with Crippen LogP contribution in [0.3, 0.4) is 0 Å². The molecule has 8 rings (SSSR count). The van der Waals surface area contributed by atoms with Gasteiger partial charge in [0.2, 0.25) is 0 Å². The summed E-state index contributed by atoms with van der Waals surface area (Å²) >= 11 is 0. The molecular formula is C59H63N3O. The molecule has 2 aromatic heterocycles. The smallest absolute Gasteiger partial charge is 0.149 e. The Hall–Kier alpha value is -6.26. The van der Waals surface area contributed by atoms with E-state index < -0.39 is 53.7 Å². The predicted molar refractivity (Wildman–Crippen MR) is 267 cm³/mol. The van der Waals surface area contributed by atoms with Crippen molar-refractivity contribution in [3.05, 3.63) is 167 Å². The summed E-state index contributed by atoms with van der Waals surface area (Å²) in [6, 6.07) is 26.6. The van der Waals surface area contributed by atoms with Crippen molar-refractivity contribution in [3.8, 4) is 67.5 Å². The van der Waals surface area contributed by atoms with E-state index in [9.17, 15) is 7.85 Å². The topological polar surface area (TPSA) is 50.9 Å². The van der Waals surface area contributed by atoms with Gasteiger partial charge in [-0.25, -0.2) is 4.98 Å². The van der Waals surface area contributed by atoms with Crippen molar-refractivity contribution < 1.29 is 17.4 Å². The number of aromatic hydroxyl groups is 1. The third kappa shape index (κ3) is 8.48. The highest BCUT2D eigenvalue weighted by Gasteiger charge is 2.26. The average molecular weight is 839 g/mol. The number of hydrogen-bond acceptors (Lipinski definition) is 3. The van der Waals surface area contributed by atoms with Crippen molar-refractivity contribution in [2.45, 2.75) is 112 Å². The van der Waals surface area contributed by atoms with Crippen LogP contribution in [0.1, 0.15) is 141 Å². The van der Waals surface area contributed by atoms with E-state index in [0.29, 0.717) is 28.0 Å². The lowest BCUT2D eigenvalue weighted by molar-refractivity contribution is 0.466. The standard InChI is InChI=1S/C59H63N3O/c1-36(2)41-32-50(38(5)6)56(63)51(33-41)57-61-55-46(42-29-43(31-44(30-42)58(7,8)9)53-34-40(27-28-60-53)39-19-14-13-15-20-39)22-18-24-54(55)62(57)45-25-26-47(49(35-45)37(3)4)48-21-16-17-23-52(48)59(10,11)12/h13-38,63H,1-12H3/i13D,14D,15D,19D,20D,27D,28D,34D,37D. The molecule has 0 aliphatic carbocycles. The number of aromatic nitrogens is 3. The molecule has 6 aromatic carbocycles. The van der Waals surface area contributed by atoms with Gasteiger partial charge in [-0.2, -0.15) is 0 Å². The zero-order valence-corrected chi connectivity index (χ0v) is 38.6. The Morgan fingerprint density at radius 1 is 0.619 bits per heavy atom. The highest BCUT2D eigenvalue weighted by molar-refractivity contribution is 5.97. The molecule has 0 unspecified atom stereocenters. The van der Waals surface area contributed by atoms with Gasteiger partial charge in [-0.15, -0.1) is 0 Å². The molecule has 0 saturated heterocycles. The Morgan fingerprint density at radius 3 is 2.02 bits per heavy atom. The highest BCUT2D eigenvalue weighted by atomic mass is 16.3. The van der Waals surface area contributed by atoms with Gasteiger partial charge in [0.15, 0.2) is 0 Å². The summed E-state index contributed by atoms with van der Waals surface area (Å²) in [7, 11) is 0. The van der Waals surface area contributed by atoms with E-state index in [4.69, 9.17) is 14.6 Å². The van der Waals surface area contributed by atoms with Gasteiger partial charge in [-0.3, -0.25) is 9.55 Å². The van der Waals surface area contributed by atoms with E-state index in [-0.39, 0.29) is 45.9 Å². The minimum atomic E-state index is -1.03. The van der Waals surface area contributed by atoms with Crippen LogP contribution in [0.4, 0.5) is 0 Å². The van der Waals surface area contributed by atoms with Gasteiger partial charge in [0.05, 0.1) is 33.3 Å². The van der Waals surface area contributed by atoms with Gasteiger partial charge < -0.3 is 5.11 Å². The molecule has 4 heteroatoms. The molecule has 0 atom stereocenters. The number of para-hydroxylation sites is 1. The summed E-state index contributed by atoms with van der Waals surface area (Å²) in [5.74, 6) is -0.259. The zero-order chi connectivity index (χ0) is 52.8. The van der Waals surface area contributed by atoms with E-state index in [1.165, 1.54) is 5.56 Å². The molecular weight excluding hydrogens is 767 g/mol. The molecule has 0 aliphatic heterocycles. The molecule has 0 spiro atoms. The summed E-state index contributed by atoms with van der Waals surface area (Å²) in [6.45, 7) is 24.9. The molecule has 320 valence electrons. The van der Waals surface area contributed by atoms with Crippen LogP contribution in [0.25, 0.3) is 72.7 Å². The fourth-order valence-electron chi connectivity index (χ4n) is 8.40. The first kappa shape index (κ1) is 33.3. The highest BCUT2D eigenvalue weighted by Crippen LogP contribution is 2.45. The van der Waals surface area contributed by atoms with Crippen LogP contribution in [0, 0.1) is 0 Å². The predicted octanol–water partition coefficient (Wildman–Crippen LogP) is 16.4. The van der Waals surface area contributed by atoms with Crippen molar-refractivity contribution in [2.75, 3.05) is 0 Å². The number of fused-ring (bicyclic) bond motifs is 1. The largest absolute Gasteiger partial charge is 0.507 e. The maximum atomic E-state index is 12.3. The fourth-order valence-corrected chi connectivity index (χ4v) is 8.40. The van der Waals surface area contributed by atoms with Crippen LogP contribution < -0.4 is 0 Å². The van der Waals surface area contributed by atoms with Crippen LogP contribution in [0.15, 0.2) is 139 Å². The Morgan fingerprint density at radius 2 is 1.33 bits per heavy atom. The van der Waals surface area contributed by atoms with Gasteiger partial charge in [-0.05, 0) is 133 Å². The number of benzene rings is 6. The first-order valence-corrected chi connectivity index (χ1v) is 21.9. The first-order chi connectivity index (χ1) is 33.5. The number of hydrogen-bond donors (Lipinski definition) is 1. The maximum Gasteiger partial charge on any atom is 0.149 e. The molecule has 0 radical (unpaired) electrons. The number of phenols is 1. The first-order valence-electron chi connectivity index (χ1n) is 26.4. The number of rotatable bonds is 9. The second-order valence-corrected chi connectivity index (χ2v) is 19.5. The van der Waals surface area contributed by atoms with Gasteiger partial charge in [0.1, 0.15) is 11.6 Å².